The molecular formula is C34H20OS. The Bertz CT molecular complexity index is 2040. The van der Waals surface area contributed by atoms with Crippen LogP contribution in [0.3, 0.4) is 0 Å². The molecule has 0 aliphatic heterocycles. The Balaban J connectivity index is 1.49. The first-order valence-electron chi connectivity index (χ1n) is 12.2. The lowest BCUT2D eigenvalue weighted by Gasteiger charge is -2.17. The minimum absolute atomic E-state index is 0.985. The first kappa shape index (κ1) is 19.9. The van der Waals surface area contributed by atoms with Crippen molar-refractivity contribution in [1.82, 2.24) is 0 Å². The van der Waals surface area contributed by atoms with Gasteiger partial charge in [-0.3, -0.25) is 0 Å². The quantitative estimate of drug-likeness (QED) is 0.226. The van der Waals surface area contributed by atoms with E-state index in [4.69, 9.17) is 4.42 Å². The molecule has 6 aromatic carbocycles. The molecule has 0 atom stereocenters. The fraction of sp³-hybridized carbons (Fsp3) is 0. The average Bonchev–Trinajstić information content (AvgIpc) is 3.56. The standard InChI is InChI=1S/C34H20OS/c1-2-8-21(9-3-1)31-24-10-4-6-12-26(24)32(27-13-7-5-11-25(27)31)23-15-17-30-29(20-23)28-16-14-22-18-19-35-33(22)34(28)36-30/h1-20H. The normalized spacial score (nSPS) is 11.9. The van der Waals surface area contributed by atoms with Crippen LogP contribution in [-0.4, -0.2) is 0 Å². The van der Waals surface area contributed by atoms with Crippen molar-refractivity contribution in [1.29, 1.82) is 0 Å². The van der Waals surface area contributed by atoms with Crippen LogP contribution in [-0.2, 0) is 0 Å². The van der Waals surface area contributed by atoms with Crippen molar-refractivity contribution in [3.8, 4) is 22.3 Å². The third-order valence-corrected chi connectivity index (χ3v) is 8.53. The van der Waals surface area contributed by atoms with Crippen LogP contribution in [0.1, 0.15) is 0 Å². The molecule has 8 aromatic rings. The molecule has 8 rings (SSSR count). The molecule has 0 saturated carbocycles. The molecule has 36 heavy (non-hydrogen) atoms. The number of benzene rings is 6. The summed E-state index contributed by atoms with van der Waals surface area (Å²) in [5, 5.41) is 8.82. The Hall–Kier alpha value is -4.40. The summed E-state index contributed by atoms with van der Waals surface area (Å²) in [6.07, 6.45) is 1.78. The number of fused-ring (bicyclic) bond motifs is 7. The second-order valence-corrected chi connectivity index (χ2v) is 10.4. The third-order valence-electron chi connectivity index (χ3n) is 7.34. The molecule has 0 unspecified atom stereocenters. The Morgan fingerprint density at radius 3 is 1.81 bits per heavy atom. The van der Waals surface area contributed by atoms with Crippen molar-refractivity contribution in [2.24, 2.45) is 0 Å². The molecule has 2 heteroatoms. The average molecular weight is 477 g/mol. The van der Waals surface area contributed by atoms with Gasteiger partial charge in [-0.15, -0.1) is 11.3 Å². The maximum Gasteiger partial charge on any atom is 0.151 e. The van der Waals surface area contributed by atoms with Crippen molar-refractivity contribution >= 4 is 64.0 Å². The third kappa shape index (κ3) is 2.76. The highest BCUT2D eigenvalue weighted by Gasteiger charge is 2.17. The molecule has 0 fully saturated rings. The highest BCUT2D eigenvalue weighted by molar-refractivity contribution is 7.26. The number of rotatable bonds is 2. The van der Waals surface area contributed by atoms with Crippen LogP contribution in [0, 0.1) is 0 Å². The van der Waals surface area contributed by atoms with E-state index >= 15 is 0 Å². The SMILES string of the molecule is c1ccc(-c2c3ccccc3c(-c3ccc4sc5c(ccc6ccoc65)c4c3)c3ccccc23)cc1. The van der Waals surface area contributed by atoms with Crippen molar-refractivity contribution in [3.05, 3.63) is 122 Å². The zero-order valence-electron chi connectivity index (χ0n) is 19.4. The summed E-state index contributed by atoms with van der Waals surface area (Å²) in [6, 6.07) is 41.8. The molecule has 2 aromatic heterocycles. The zero-order valence-corrected chi connectivity index (χ0v) is 20.2. The molecule has 0 bridgehead atoms. The fourth-order valence-electron chi connectivity index (χ4n) is 5.77. The Kier molecular flexibility index (Phi) is 4.16. The molecule has 1 nitrogen and oxygen atoms in total. The molecule has 0 aliphatic rings. The Morgan fingerprint density at radius 2 is 1.11 bits per heavy atom. The molecule has 0 saturated heterocycles. The number of furan rings is 1. The second kappa shape index (κ2) is 7.55. The molecule has 0 aliphatic carbocycles. The van der Waals surface area contributed by atoms with E-state index in [1.165, 1.54) is 64.0 Å². The van der Waals surface area contributed by atoms with E-state index in [1.54, 1.807) is 6.26 Å². The van der Waals surface area contributed by atoms with Crippen molar-refractivity contribution in [2.75, 3.05) is 0 Å². The van der Waals surface area contributed by atoms with E-state index in [0.29, 0.717) is 0 Å². The van der Waals surface area contributed by atoms with Gasteiger partial charge in [-0.05, 0) is 62.0 Å². The van der Waals surface area contributed by atoms with Crippen LogP contribution in [0.5, 0.6) is 0 Å². The van der Waals surface area contributed by atoms with Crippen molar-refractivity contribution in [3.63, 3.8) is 0 Å². The Labute approximate surface area is 211 Å². The molecule has 0 radical (unpaired) electrons. The van der Waals surface area contributed by atoms with Gasteiger partial charge in [-0.2, -0.15) is 0 Å². The predicted molar refractivity (Wildman–Crippen MR) is 155 cm³/mol. The van der Waals surface area contributed by atoms with Crippen LogP contribution >= 0.6 is 11.3 Å². The van der Waals surface area contributed by atoms with Gasteiger partial charge in [0.1, 0.15) is 0 Å². The molecular weight excluding hydrogens is 456 g/mol. The maximum absolute atomic E-state index is 5.86. The van der Waals surface area contributed by atoms with E-state index in [-0.39, 0.29) is 0 Å². The lowest BCUT2D eigenvalue weighted by atomic mass is 9.86. The first-order chi connectivity index (χ1) is 17.9. The largest absolute Gasteiger partial charge is 0.463 e. The first-order valence-corrected chi connectivity index (χ1v) is 13.0. The lowest BCUT2D eigenvalue weighted by Crippen LogP contribution is -1.90. The highest BCUT2D eigenvalue weighted by Crippen LogP contribution is 2.45. The van der Waals surface area contributed by atoms with E-state index in [2.05, 4.69) is 109 Å². The van der Waals surface area contributed by atoms with Crippen LogP contribution in [0.4, 0.5) is 0 Å². The molecule has 2 heterocycles. The van der Waals surface area contributed by atoms with Crippen LogP contribution < -0.4 is 0 Å². The van der Waals surface area contributed by atoms with Gasteiger partial charge in [0.25, 0.3) is 0 Å². The predicted octanol–water partition coefficient (Wildman–Crippen LogP) is 10.4. The molecule has 168 valence electrons. The van der Waals surface area contributed by atoms with Crippen LogP contribution in [0.15, 0.2) is 126 Å². The number of hydrogen-bond donors (Lipinski definition) is 0. The lowest BCUT2D eigenvalue weighted by molar-refractivity contribution is 0.619. The number of hydrogen-bond acceptors (Lipinski definition) is 2. The topological polar surface area (TPSA) is 13.1 Å². The van der Waals surface area contributed by atoms with E-state index < -0.39 is 0 Å². The van der Waals surface area contributed by atoms with Crippen molar-refractivity contribution < 1.29 is 4.42 Å². The minimum atomic E-state index is 0.985. The van der Waals surface area contributed by atoms with Gasteiger partial charge < -0.3 is 4.42 Å². The summed E-state index contributed by atoms with van der Waals surface area (Å²) in [5.74, 6) is 0. The van der Waals surface area contributed by atoms with Gasteiger partial charge in [0.05, 0.1) is 11.0 Å². The van der Waals surface area contributed by atoms with Crippen LogP contribution in [0.25, 0.3) is 74.9 Å². The summed E-state index contributed by atoms with van der Waals surface area (Å²) >= 11 is 1.81. The molecule has 0 amide bonds. The van der Waals surface area contributed by atoms with E-state index in [0.717, 1.165) is 11.0 Å². The number of thiophene rings is 1. The summed E-state index contributed by atoms with van der Waals surface area (Å²) < 4.78 is 8.36. The van der Waals surface area contributed by atoms with Gasteiger partial charge in [-0.1, -0.05) is 97.1 Å². The summed E-state index contributed by atoms with van der Waals surface area (Å²) in [7, 11) is 0. The van der Waals surface area contributed by atoms with E-state index in [9.17, 15) is 0 Å². The summed E-state index contributed by atoms with van der Waals surface area (Å²) in [5.41, 5.74) is 6.07. The summed E-state index contributed by atoms with van der Waals surface area (Å²) in [4.78, 5) is 0. The van der Waals surface area contributed by atoms with Crippen LogP contribution in [0.2, 0.25) is 0 Å². The van der Waals surface area contributed by atoms with Gasteiger partial charge in [-0.25, -0.2) is 0 Å². The zero-order chi connectivity index (χ0) is 23.6. The Morgan fingerprint density at radius 1 is 0.472 bits per heavy atom. The van der Waals surface area contributed by atoms with E-state index in [1.807, 2.05) is 17.4 Å². The maximum atomic E-state index is 5.86. The van der Waals surface area contributed by atoms with Crippen molar-refractivity contribution in [2.45, 2.75) is 0 Å². The molecule has 0 N–H and O–H groups in total. The summed E-state index contributed by atoms with van der Waals surface area (Å²) in [6.45, 7) is 0. The molecule has 0 spiro atoms. The minimum Gasteiger partial charge on any atom is -0.463 e. The highest BCUT2D eigenvalue weighted by atomic mass is 32.1. The van der Waals surface area contributed by atoms with Gasteiger partial charge >= 0.3 is 0 Å². The van der Waals surface area contributed by atoms with Gasteiger partial charge in [0.2, 0.25) is 0 Å². The second-order valence-electron chi connectivity index (χ2n) is 9.30. The monoisotopic (exact) mass is 476 g/mol. The smallest absolute Gasteiger partial charge is 0.151 e. The van der Waals surface area contributed by atoms with Gasteiger partial charge in [0.15, 0.2) is 5.58 Å². The van der Waals surface area contributed by atoms with Gasteiger partial charge in [0, 0.05) is 20.9 Å². The fourth-order valence-corrected chi connectivity index (χ4v) is 6.95.